The number of esters is 4. The minimum Gasteiger partial charge on any atom is -0.463 e. The van der Waals surface area contributed by atoms with Gasteiger partial charge < -0.3 is 43.3 Å². The molecular weight excluding hydrogens is 554 g/mol. The van der Waals surface area contributed by atoms with E-state index in [0.29, 0.717) is 18.9 Å². The molecule has 0 aromatic carbocycles. The Hall–Kier alpha value is -4.34. The third kappa shape index (κ3) is 8.11. The molecule has 1 fully saturated rings. The number of carbonyl (C=O) groups excluding carboxylic acids is 4. The summed E-state index contributed by atoms with van der Waals surface area (Å²) in [6, 6.07) is 0. The smallest absolute Gasteiger partial charge is 0.303 e. The number of ether oxygens (including phenoxy) is 5. The Kier molecular flexibility index (Phi) is 9.88. The topological polar surface area (TPSA) is 158 Å². The Morgan fingerprint density at radius 3 is 2.02 bits per heavy atom. The number of nitrogens with zero attached hydrogens (tertiary/aromatic N) is 7. The summed E-state index contributed by atoms with van der Waals surface area (Å²) in [4.78, 5) is 56.3. The van der Waals surface area contributed by atoms with E-state index in [2.05, 4.69) is 36.1 Å². The second-order valence-electron chi connectivity index (χ2n) is 10.3. The predicted molar refractivity (Wildman–Crippen MR) is 142 cm³/mol. The third-order valence-corrected chi connectivity index (χ3v) is 6.61. The Balaban J connectivity index is 1.48. The van der Waals surface area contributed by atoms with Gasteiger partial charge in [0.25, 0.3) is 0 Å². The maximum atomic E-state index is 12.1. The molecule has 16 heteroatoms. The minimum atomic E-state index is -1.29. The Bertz CT molecular complexity index is 1200. The molecule has 0 N–H and O–H groups in total. The molecule has 16 nitrogen and oxygen atoms in total. The summed E-state index contributed by atoms with van der Waals surface area (Å²) in [6.45, 7) is 8.11. The van der Waals surface area contributed by atoms with Gasteiger partial charge in [-0.25, -0.2) is 4.68 Å². The van der Waals surface area contributed by atoms with E-state index in [0.717, 1.165) is 19.8 Å². The van der Waals surface area contributed by atoms with E-state index in [1.54, 1.807) is 6.20 Å². The second-order valence-corrected chi connectivity index (χ2v) is 10.3. The van der Waals surface area contributed by atoms with Gasteiger partial charge in [-0.3, -0.25) is 19.2 Å². The molecule has 230 valence electrons. The Labute approximate surface area is 243 Å². The van der Waals surface area contributed by atoms with Crippen LogP contribution in [0.1, 0.15) is 39.6 Å². The summed E-state index contributed by atoms with van der Waals surface area (Å²) < 4.78 is 29.0. The van der Waals surface area contributed by atoms with E-state index in [4.69, 9.17) is 23.7 Å². The van der Waals surface area contributed by atoms with Crippen LogP contribution in [-0.4, -0.2) is 123 Å². The first-order valence-electron chi connectivity index (χ1n) is 13.5. The van der Waals surface area contributed by atoms with Gasteiger partial charge in [0.15, 0.2) is 24.5 Å². The lowest BCUT2D eigenvalue weighted by Gasteiger charge is -2.44. The molecule has 0 aliphatic carbocycles. The van der Waals surface area contributed by atoms with Crippen LogP contribution >= 0.6 is 0 Å². The molecule has 1 aromatic heterocycles. The lowest BCUT2D eigenvalue weighted by Crippen LogP contribution is -2.60. The van der Waals surface area contributed by atoms with Gasteiger partial charge in [-0.15, -0.1) is 5.10 Å². The fourth-order valence-electron chi connectivity index (χ4n) is 4.89. The molecule has 0 saturated carbocycles. The van der Waals surface area contributed by atoms with E-state index in [9.17, 15) is 19.2 Å². The quantitative estimate of drug-likeness (QED) is 0.245. The molecule has 1 saturated heterocycles. The van der Waals surface area contributed by atoms with Crippen LogP contribution < -0.4 is 0 Å². The largest absolute Gasteiger partial charge is 0.463 e. The van der Waals surface area contributed by atoms with Crippen molar-refractivity contribution in [2.24, 2.45) is 0 Å². The van der Waals surface area contributed by atoms with Crippen LogP contribution in [0, 0.1) is 0 Å². The van der Waals surface area contributed by atoms with Gasteiger partial charge in [-0.2, -0.15) is 0 Å². The van der Waals surface area contributed by atoms with E-state index in [1.165, 1.54) is 32.4 Å². The van der Waals surface area contributed by atoms with Crippen LogP contribution in [-0.2, 0) is 49.4 Å². The van der Waals surface area contributed by atoms with Crippen molar-refractivity contribution in [3.05, 3.63) is 36.7 Å². The Morgan fingerprint density at radius 1 is 0.810 bits per heavy atom. The van der Waals surface area contributed by atoms with Gasteiger partial charge in [0.2, 0.25) is 0 Å². The van der Waals surface area contributed by atoms with Crippen LogP contribution in [0.2, 0.25) is 0 Å². The molecule has 1 aromatic rings. The van der Waals surface area contributed by atoms with Crippen molar-refractivity contribution >= 4 is 23.9 Å². The lowest BCUT2D eigenvalue weighted by molar-refractivity contribution is -0.270. The molecule has 5 atom stereocenters. The summed E-state index contributed by atoms with van der Waals surface area (Å²) >= 11 is 0. The first-order chi connectivity index (χ1) is 20.0. The number of aromatic nitrogens is 3. The van der Waals surface area contributed by atoms with Crippen LogP contribution in [0.15, 0.2) is 31.0 Å². The van der Waals surface area contributed by atoms with Gasteiger partial charge in [-0.1, -0.05) is 5.21 Å². The molecule has 3 aliphatic rings. The predicted octanol–water partition coefficient (Wildman–Crippen LogP) is -0.244. The maximum Gasteiger partial charge on any atom is 0.303 e. The summed E-state index contributed by atoms with van der Waals surface area (Å²) in [7, 11) is 2.03. The highest BCUT2D eigenvalue weighted by molar-refractivity contribution is 5.68. The van der Waals surface area contributed by atoms with Gasteiger partial charge in [0.05, 0.1) is 26.1 Å². The maximum absolute atomic E-state index is 12.1. The fraction of sp³-hybridized carbons (Fsp3) is 0.615. The van der Waals surface area contributed by atoms with Gasteiger partial charge in [0.1, 0.15) is 18.4 Å². The van der Waals surface area contributed by atoms with E-state index >= 15 is 0 Å². The van der Waals surface area contributed by atoms with E-state index < -0.39 is 54.5 Å². The zero-order chi connectivity index (χ0) is 30.4. The number of carbonyl (C=O) groups is 4. The molecule has 4 heterocycles. The zero-order valence-corrected chi connectivity index (χ0v) is 24.3. The SMILES string of the molecule is CC(=O)OC[C@H]1O[C@@H](n2cc(CN3C=CN(CCN4C=CN(C)C4)C3)nn2)[C@H](OC(C)=O)[C@@H](OC(C)=O)[C@@H]1OC(C)=O. The van der Waals surface area contributed by atoms with Crippen LogP contribution in [0.5, 0.6) is 0 Å². The summed E-state index contributed by atoms with van der Waals surface area (Å²) in [5, 5.41) is 8.46. The van der Waals surface area contributed by atoms with E-state index in [-0.39, 0.29) is 6.61 Å². The van der Waals surface area contributed by atoms with Crippen molar-refractivity contribution in [2.75, 3.05) is 40.1 Å². The molecule has 0 bridgehead atoms. The van der Waals surface area contributed by atoms with Crippen molar-refractivity contribution in [1.29, 1.82) is 0 Å². The molecule has 0 spiro atoms. The molecular formula is C26H37N7O9. The van der Waals surface area contributed by atoms with Crippen molar-refractivity contribution in [3.8, 4) is 0 Å². The summed E-state index contributed by atoms with van der Waals surface area (Å²) in [5.74, 6) is -2.69. The number of hydrogen-bond acceptors (Lipinski definition) is 15. The molecule has 4 rings (SSSR count). The molecule has 0 radical (unpaired) electrons. The van der Waals surface area contributed by atoms with Gasteiger partial charge >= 0.3 is 23.9 Å². The lowest BCUT2D eigenvalue weighted by atomic mass is 9.97. The van der Waals surface area contributed by atoms with Crippen LogP contribution in [0.3, 0.4) is 0 Å². The number of hydrogen-bond donors (Lipinski definition) is 0. The fourth-order valence-corrected chi connectivity index (χ4v) is 4.89. The highest BCUT2D eigenvalue weighted by Crippen LogP contribution is 2.34. The summed E-state index contributed by atoms with van der Waals surface area (Å²) in [5.41, 5.74) is 0.596. The monoisotopic (exact) mass is 591 g/mol. The Morgan fingerprint density at radius 2 is 1.40 bits per heavy atom. The minimum absolute atomic E-state index is 0.326. The highest BCUT2D eigenvalue weighted by Gasteiger charge is 2.53. The average Bonchev–Trinajstić information content (AvgIpc) is 3.65. The first-order valence-corrected chi connectivity index (χ1v) is 13.5. The van der Waals surface area contributed by atoms with Gasteiger partial charge in [-0.05, 0) is 0 Å². The zero-order valence-electron chi connectivity index (χ0n) is 24.3. The molecule has 42 heavy (non-hydrogen) atoms. The standard InChI is InChI=1S/C26H37N7O9/c1-17(34)38-14-22-23(39-18(2)35)24(40-19(3)36)25(41-20(4)37)26(42-22)33-13-21(27-28-33)12-32-11-10-31(16-32)9-8-30-7-6-29(5)15-30/h6-7,10-11,13,22-26H,8-9,12,14-16H2,1-5H3/t22-,23-,24+,25-,26-/m1/s1. The third-order valence-electron chi connectivity index (χ3n) is 6.61. The van der Waals surface area contributed by atoms with Crippen LogP contribution in [0.4, 0.5) is 0 Å². The van der Waals surface area contributed by atoms with Gasteiger partial charge in [0, 0.05) is 72.6 Å². The van der Waals surface area contributed by atoms with Crippen molar-refractivity contribution in [1.82, 2.24) is 34.6 Å². The normalized spacial score (nSPS) is 25.1. The number of rotatable bonds is 11. The molecule has 0 amide bonds. The van der Waals surface area contributed by atoms with Crippen molar-refractivity contribution in [3.63, 3.8) is 0 Å². The van der Waals surface area contributed by atoms with Crippen molar-refractivity contribution in [2.45, 2.75) is 64.9 Å². The average molecular weight is 592 g/mol. The first kappa shape index (κ1) is 30.6. The summed E-state index contributed by atoms with van der Waals surface area (Å²) in [6.07, 6.45) is 3.71. The second kappa shape index (κ2) is 13.5. The highest BCUT2D eigenvalue weighted by atomic mass is 16.7. The van der Waals surface area contributed by atoms with Crippen molar-refractivity contribution < 1.29 is 42.9 Å². The molecule has 3 aliphatic heterocycles. The van der Waals surface area contributed by atoms with E-state index in [1.807, 2.05) is 25.6 Å². The van der Waals surface area contributed by atoms with Crippen LogP contribution in [0.25, 0.3) is 0 Å². The molecule has 0 unspecified atom stereocenters.